The van der Waals surface area contributed by atoms with Crippen molar-refractivity contribution in [2.24, 2.45) is 0 Å². The van der Waals surface area contributed by atoms with Gasteiger partial charge in [-0.1, -0.05) is 84.9 Å². The molecule has 0 amide bonds. The van der Waals surface area contributed by atoms with Crippen LogP contribution in [-0.4, -0.2) is 9.55 Å². The highest BCUT2D eigenvalue weighted by Gasteiger charge is 2.06. The van der Waals surface area contributed by atoms with Crippen molar-refractivity contribution in [3.8, 4) is 0 Å². The summed E-state index contributed by atoms with van der Waals surface area (Å²) in [5.41, 5.74) is 4.53. The number of rotatable bonds is 5. The number of para-hydroxylation sites is 2. The van der Waals surface area contributed by atoms with Crippen LogP contribution < -0.4 is 0 Å². The number of allylic oxidation sites excluding steroid dienone is 1. The zero-order valence-electron chi connectivity index (χ0n) is 14.5. The Kier molecular flexibility index (Phi) is 4.74. The van der Waals surface area contributed by atoms with E-state index in [0.29, 0.717) is 0 Å². The van der Waals surface area contributed by atoms with Crippen LogP contribution in [0.4, 0.5) is 0 Å². The number of imidazole rings is 1. The quantitative estimate of drug-likeness (QED) is 0.442. The van der Waals surface area contributed by atoms with Crippen LogP contribution in [0, 0.1) is 0 Å². The summed E-state index contributed by atoms with van der Waals surface area (Å²) in [7, 11) is 0. The predicted octanol–water partition coefficient (Wildman–Crippen LogP) is 5.92. The fourth-order valence-electron chi connectivity index (χ4n) is 2.99. The zero-order valence-corrected chi connectivity index (χ0v) is 14.5. The maximum Gasteiger partial charge on any atom is 0.117 e. The molecule has 2 heteroatoms. The monoisotopic (exact) mass is 336 g/mol. The molecule has 1 aromatic heterocycles. The molecule has 0 saturated heterocycles. The van der Waals surface area contributed by atoms with Crippen molar-refractivity contribution in [3.05, 3.63) is 108 Å². The second kappa shape index (κ2) is 7.66. The van der Waals surface area contributed by atoms with Gasteiger partial charge in [-0.3, -0.25) is 0 Å². The Morgan fingerprint density at radius 2 is 1.31 bits per heavy atom. The minimum absolute atomic E-state index is 0.780. The molecule has 4 aromatic rings. The molecule has 0 spiro atoms. The summed E-state index contributed by atoms with van der Waals surface area (Å²) in [6, 6.07) is 29.0. The number of aromatic nitrogens is 2. The second-order valence-corrected chi connectivity index (χ2v) is 6.13. The number of fused-ring (bicyclic) bond motifs is 1. The Morgan fingerprint density at radius 1 is 0.692 bits per heavy atom. The molecule has 0 fully saturated rings. The van der Waals surface area contributed by atoms with Gasteiger partial charge in [0.05, 0.1) is 11.0 Å². The Labute approximate surface area is 153 Å². The van der Waals surface area contributed by atoms with Gasteiger partial charge in [-0.15, -0.1) is 0 Å². The van der Waals surface area contributed by atoms with Crippen molar-refractivity contribution in [2.45, 2.75) is 6.42 Å². The molecule has 0 aliphatic heterocycles. The lowest BCUT2D eigenvalue weighted by Gasteiger charge is -2.02. The van der Waals surface area contributed by atoms with Gasteiger partial charge in [0, 0.05) is 12.6 Å². The molecule has 0 saturated carbocycles. The summed E-state index contributed by atoms with van der Waals surface area (Å²) in [6.07, 6.45) is 9.32. The highest BCUT2D eigenvalue weighted by Crippen LogP contribution is 2.18. The predicted molar refractivity (Wildman–Crippen MR) is 111 cm³/mol. The highest BCUT2D eigenvalue weighted by atomic mass is 15.1. The fraction of sp³-hybridized carbons (Fsp3) is 0.0417. The van der Waals surface area contributed by atoms with Crippen LogP contribution in [0.2, 0.25) is 0 Å². The van der Waals surface area contributed by atoms with Gasteiger partial charge in [-0.05, 0) is 29.3 Å². The van der Waals surface area contributed by atoms with Crippen LogP contribution in [0.15, 0.2) is 91.0 Å². The molecule has 0 unspecified atom stereocenters. The summed E-state index contributed by atoms with van der Waals surface area (Å²) in [5, 5.41) is 0. The van der Waals surface area contributed by atoms with Gasteiger partial charge in [0.25, 0.3) is 0 Å². The molecule has 26 heavy (non-hydrogen) atoms. The normalized spacial score (nSPS) is 11.7. The first kappa shape index (κ1) is 16.1. The minimum Gasteiger partial charge on any atom is -0.303 e. The number of nitrogens with zero attached hydrogens (tertiary/aromatic N) is 2. The van der Waals surface area contributed by atoms with E-state index in [0.717, 1.165) is 23.3 Å². The molecular formula is C24H20N2. The second-order valence-electron chi connectivity index (χ2n) is 6.13. The third kappa shape index (κ3) is 3.65. The number of benzene rings is 3. The van der Waals surface area contributed by atoms with Crippen molar-refractivity contribution in [3.63, 3.8) is 0 Å². The third-order valence-electron chi connectivity index (χ3n) is 4.29. The largest absolute Gasteiger partial charge is 0.303 e. The smallest absolute Gasteiger partial charge is 0.117 e. The standard InChI is InChI=1S/C24H20N2/c1-3-10-20(11-4-1)14-9-17-24-25-22-15-7-8-16-23(22)26(24)19-18-21-12-5-2-6-13-21/h1-16,18-19H,17H2/b14-9+,19-18+. The van der Waals surface area contributed by atoms with E-state index < -0.39 is 0 Å². The molecule has 0 N–H and O–H groups in total. The summed E-state index contributed by atoms with van der Waals surface area (Å²) >= 11 is 0. The summed E-state index contributed by atoms with van der Waals surface area (Å²) in [4.78, 5) is 4.82. The van der Waals surface area contributed by atoms with Gasteiger partial charge in [0.1, 0.15) is 5.82 Å². The Balaban J connectivity index is 1.65. The molecule has 4 rings (SSSR count). The molecule has 2 nitrogen and oxygen atoms in total. The van der Waals surface area contributed by atoms with Crippen molar-refractivity contribution in [1.82, 2.24) is 9.55 Å². The molecule has 1 heterocycles. The van der Waals surface area contributed by atoms with Crippen LogP contribution in [-0.2, 0) is 6.42 Å². The maximum atomic E-state index is 4.82. The van der Waals surface area contributed by atoms with E-state index in [2.05, 4.69) is 95.7 Å². The van der Waals surface area contributed by atoms with Gasteiger partial charge >= 0.3 is 0 Å². The number of hydrogen-bond acceptors (Lipinski definition) is 1. The van der Waals surface area contributed by atoms with Crippen LogP contribution in [0.1, 0.15) is 17.0 Å². The van der Waals surface area contributed by atoms with Gasteiger partial charge in [-0.2, -0.15) is 0 Å². The lowest BCUT2D eigenvalue weighted by atomic mass is 10.2. The average Bonchev–Trinajstić information content (AvgIpc) is 3.05. The first-order valence-electron chi connectivity index (χ1n) is 8.81. The highest BCUT2D eigenvalue weighted by molar-refractivity contribution is 5.80. The Bertz CT molecular complexity index is 1040. The third-order valence-corrected chi connectivity index (χ3v) is 4.29. The molecule has 0 bridgehead atoms. The van der Waals surface area contributed by atoms with Crippen molar-refractivity contribution in [2.75, 3.05) is 0 Å². The van der Waals surface area contributed by atoms with Crippen LogP contribution in [0.25, 0.3) is 29.4 Å². The Hall–Kier alpha value is -3.39. The van der Waals surface area contributed by atoms with E-state index in [9.17, 15) is 0 Å². The molecule has 3 aromatic carbocycles. The maximum absolute atomic E-state index is 4.82. The molecular weight excluding hydrogens is 316 g/mol. The van der Waals surface area contributed by atoms with E-state index in [4.69, 9.17) is 4.98 Å². The summed E-state index contributed by atoms with van der Waals surface area (Å²) < 4.78 is 2.18. The number of hydrogen-bond donors (Lipinski definition) is 0. The molecule has 0 radical (unpaired) electrons. The van der Waals surface area contributed by atoms with Crippen molar-refractivity contribution >= 4 is 29.4 Å². The van der Waals surface area contributed by atoms with Crippen LogP contribution >= 0.6 is 0 Å². The minimum atomic E-state index is 0.780. The van der Waals surface area contributed by atoms with Crippen molar-refractivity contribution in [1.29, 1.82) is 0 Å². The summed E-state index contributed by atoms with van der Waals surface area (Å²) in [5.74, 6) is 1.03. The van der Waals surface area contributed by atoms with Crippen LogP contribution in [0.5, 0.6) is 0 Å². The van der Waals surface area contributed by atoms with E-state index in [1.165, 1.54) is 11.1 Å². The molecule has 0 aliphatic rings. The van der Waals surface area contributed by atoms with E-state index in [1.54, 1.807) is 0 Å². The SMILES string of the molecule is C(=C\c1ccccc1)/Cc1nc2ccccc2n1/C=C/c1ccccc1. The van der Waals surface area contributed by atoms with E-state index >= 15 is 0 Å². The fourth-order valence-corrected chi connectivity index (χ4v) is 2.99. The lowest BCUT2D eigenvalue weighted by molar-refractivity contribution is 0.993. The van der Waals surface area contributed by atoms with E-state index in [1.807, 2.05) is 18.2 Å². The Morgan fingerprint density at radius 3 is 2.04 bits per heavy atom. The van der Waals surface area contributed by atoms with E-state index in [-0.39, 0.29) is 0 Å². The first-order valence-corrected chi connectivity index (χ1v) is 8.81. The first-order chi connectivity index (χ1) is 12.9. The van der Waals surface area contributed by atoms with Crippen molar-refractivity contribution < 1.29 is 0 Å². The summed E-state index contributed by atoms with van der Waals surface area (Å²) in [6.45, 7) is 0. The van der Waals surface area contributed by atoms with Crippen LogP contribution in [0.3, 0.4) is 0 Å². The lowest BCUT2D eigenvalue weighted by Crippen LogP contribution is -1.95. The van der Waals surface area contributed by atoms with Gasteiger partial charge < -0.3 is 4.57 Å². The zero-order chi connectivity index (χ0) is 17.6. The molecule has 0 aliphatic carbocycles. The topological polar surface area (TPSA) is 17.8 Å². The van der Waals surface area contributed by atoms with Gasteiger partial charge in [0.2, 0.25) is 0 Å². The van der Waals surface area contributed by atoms with Gasteiger partial charge in [-0.25, -0.2) is 4.98 Å². The van der Waals surface area contributed by atoms with Gasteiger partial charge in [0.15, 0.2) is 0 Å². The molecule has 126 valence electrons. The molecule has 0 atom stereocenters. The average molecular weight is 336 g/mol.